The van der Waals surface area contributed by atoms with Gasteiger partial charge in [-0.15, -0.1) is 0 Å². The number of carbonyl (C=O) groups excluding carboxylic acids is 2. The van der Waals surface area contributed by atoms with Crippen LogP contribution >= 0.6 is 15.9 Å². The normalized spacial score (nSPS) is 12.3. The van der Waals surface area contributed by atoms with E-state index in [-0.39, 0.29) is 23.8 Å². The maximum atomic E-state index is 14.6. The second-order valence-corrected chi connectivity index (χ2v) is 15.0. The number of amides is 2. The van der Waals surface area contributed by atoms with Crippen molar-refractivity contribution in [1.82, 2.24) is 10.2 Å². The molecule has 0 saturated carbocycles. The van der Waals surface area contributed by atoms with E-state index in [0.29, 0.717) is 5.69 Å². The van der Waals surface area contributed by atoms with Crippen LogP contribution in [0.2, 0.25) is 0 Å². The van der Waals surface area contributed by atoms with E-state index in [4.69, 9.17) is 0 Å². The highest BCUT2D eigenvalue weighted by atomic mass is 79.9. The van der Waals surface area contributed by atoms with Gasteiger partial charge in [-0.1, -0.05) is 82.7 Å². The van der Waals surface area contributed by atoms with Gasteiger partial charge in [0.25, 0.3) is 10.0 Å². The average Bonchev–Trinajstić information content (AvgIpc) is 2.98. The first-order chi connectivity index (χ1) is 21.2. The van der Waals surface area contributed by atoms with E-state index in [1.54, 1.807) is 30.3 Å². The summed E-state index contributed by atoms with van der Waals surface area (Å²) >= 11 is 3.47. The van der Waals surface area contributed by atoms with E-state index in [9.17, 15) is 18.0 Å². The molecular weight excluding hydrogens is 650 g/mol. The minimum absolute atomic E-state index is 0.0720. The van der Waals surface area contributed by atoms with Crippen LogP contribution in [0.3, 0.4) is 0 Å². The molecule has 0 aliphatic rings. The SMILES string of the molecule is Cc1cc(C)cc(N(CC(=O)N(Cc2ccc(Br)cc2)C(Cc2ccccc2)C(=O)NC(C)(C)C)S(=O)(=O)c2ccccc2)c1. The van der Waals surface area contributed by atoms with Gasteiger partial charge < -0.3 is 10.2 Å². The molecule has 0 radical (unpaired) electrons. The van der Waals surface area contributed by atoms with Crippen molar-refractivity contribution < 1.29 is 18.0 Å². The van der Waals surface area contributed by atoms with Gasteiger partial charge in [0.2, 0.25) is 11.8 Å². The Morgan fingerprint density at radius 2 is 1.36 bits per heavy atom. The smallest absolute Gasteiger partial charge is 0.264 e. The van der Waals surface area contributed by atoms with Gasteiger partial charge >= 0.3 is 0 Å². The number of anilines is 1. The van der Waals surface area contributed by atoms with Crippen LogP contribution in [0, 0.1) is 13.8 Å². The zero-order valence-electron chi connectivity index (χ0n) is 26.3. The number of hydrogen-bond acceptors (Lipinski definition) is 4. The average molecular weight is 691 g/mol. The van der Waals surface area contributed by atoms with Gasteiger partial charge in [0.1, 0.15) is 12.6 Å². The first kappa shape index (κ1) is 33.9. The van der Waals surface area contributed by atoms with Crippen molar-refractivity contribution in [3.8, 4) is 0 Å². The highest BCUT2D eigenvalue weighted by Gasteiger charge is 2.35. The fraction of sp³-hybridized carbons (Fsp3) is 0.278. The maximum Gasteiger partial charge on any atom is 0.264 e. The molecule has 4 aromatic carbocycles. The number of nitrogens with zero attached hydrogens (tertiary/aromatic N) is 2. The summed E-state index contributed by atoms with van der Waals surface area (Å²) in [5, 5.41) is 3.05. The molecular formula is C36H40BrN3O4S. The van der Waals surface area contributed by atoms with Crippen molar-refractivity contribution >= 4 is 43.5 Å². The number of carbonyl (C=O) groups is 2. The molecule has 4 aromatic rings. The fourth-order valence-electron chi connectivity index (χ4n) is 5.14. The molecule has 7 nitrogen and oxygen atoms in total. The predicted molar refractivity (Wildman–Crippen MR) is 183 cm³/mol. The van der Waals surface area contributed by atoms with Crippen LogP contribution in [0.5, 0.6) is 0 Å². The zero-order valence-corrected chi connectivity index (χ0v) is 28.7. The number of aryl methyl sites for hydroxylation is 2. The first-order valence-electron chi connectivity index (χ1n) is 14.8. The van der Waals surface area contributed by atoms with Gasteiger partial charge in [-0.3, -0.25) is 13.9 Å². The Morgan fingerprint density at radius 1 is 0.800 bits per heavy atom. The Hall–Kier alpha value is -3.95. The Labute approximate surface area is 275 Å². The minimum Gasteiger partial charge on any atom is -0.350 e. The lowest BCUT2D eigenvalue weighted by Crippen LogP contribution is -2.56. The quantitative estimate of drug-likeness (QED) is 0.187. The number of benzene rings is 4. The monoisotopic (exact) mass is 689 g/mol. The van der Waals surface area contributed by atoms with E-state index in [1.807, 2.05) is 95.3 Å². The summed E-state index contributed by atoms with van der Waals surface area (Å²) in [4.78, 5) is 30.1. The summed E-state index contributed by atoms with van der Waals surface area (Å²) in [6.45, 7) is 9.05. The first-order valence-corrected chi connectivity index (χ1v) is 17.0. The number of sulfonamides is 1. The molecule has 0 aliphatic carbocycles. The van der Waals surface area contributed by atoms with Crippen molar-refractivity contribution in [2.45, 2.75) is 64.1 Å². The highest BCUT2D eigenvalue weighted by molar-refractivity contribution is 9.10. The van der Waals surface area contributed by atoms with E-state index >= 15 is 0 Å². The molecule has 0 saturated heterocycles. The summed E-state index contributed by atoms with van der Waals surface area (Å²) in [7, 11) is -4.15. The van der Waals surface area contributed by atoms with Crippen molar-refractivity contribution in [2.24, 2.45) is 0 Å². The van der Waals surface area contributed by atoms with Crippen LogP contribution in [0.15, 0.2) is 112 Å². The molecule has 4 rings (SSSR count). The second kappa shape index (κ2) is 14.4. The van der Waals surface area contributed by atoms with Gasteiger partial charge in [0, 0.05) is 23.0 Å². The van der Waals surface area contributed by atoms with Crippen molar-refractivity contribution in [2.75, 3.05) is 10.8 Å². The molecule has 0 heterocycles. The van der Waals surface area contributed by atoms with Gasteiger partial charge in [-0.2, -0.15) is 0 Å². The van der Waals surface area contributed by atoms with Crippen LogP contribution < -0.4 is 9.62 Å². The number of rotatable bonds is 11. The molecule has 1 unspecified atom stereocenters. The van der Waals surface area contributed by atoms with Gasteiger partial charge in [0.15, 0.2) is 0 Å². The molecule has 1 atom stereocenters. The Balaban J connectivity index is 1.83. The second-order valence-electron chi connectivity index (χ2n) is 12.3. The van der Waals surface area contributed by atoms with Gasteiger partial charge in [-0.05, 0) is 93.3 Å². The third-order valence-electron chi connectivity index (χ3n) is 7.14. The van der Waals surface area contributed by atoms with Crippen molar-refractivity contribution in [3.05, 3.63) is 130 Å². The number of hydrogen-bond donors (Lipinski definition) is 1. The molecule has 1 N–H and O–H groups in total. The highest BCUT2D eigenvalue weighted by Crippen LogP contribution is 2.27. The van der Waals surface area contributed by atoms with Gasteiger partial charge in [0.05, 0.1) is 10.6 Å². The standard InChI is InChI=1S/C36H40BrN3O4S/c1-26-20-27(2)22-31(21-26)40(45(43,44)32-14-10-7-11-15-32)25-34(41)39(24-29-16-18-30(37)19-17-29)33(35(42)38-36(3,4)5)23-28-12-8-6-9-13-28/h6-22,33H,23-25H2,1-5H3,(H,38,42). The summed E-state index contributed by atoms with van der Waals surface area (Å²) in [6, 6.07) is 29.7. The summed E-state index contributed by atoms with van der Waals surface area (Å²) in [5.41, 5.74) is 3.24. The molecule has 2 amide bonds. The summed E-state index contributed by atoms with van der Waals surface area (Å²) in [6.07, 6.45) is 0.250. The van der Waals surface area contributed by atoms with Crippen LogP contribution in [-0.2, 0) is 32.6 Å². The predicted octanol–water partition coefficient (Wildman–Crippen LogP) is 6.82. The summed E-state index contributed by atoms with van der Waals surface area (Å²) in [5.74, 6) is -0.817. The zero-order chi connectivity index (χ0) is 32.8. The lowest BCUT2D eigenvalue weighted by atomic mass is 10.0. The number of nitrogens with one attached hydrogen (secondary N) is 1. The van der Waals surface area contributed by atoms with E-state index in [0.717, 1.165) is 31.0 Å². The number of halogens is 1. The van der Waals surface area contributed by atoms with Crippen LogP contribution in [-0.4, -0.2) is 43.3 Å². The topological polar surface area (TPSA) is 86.8 Å². The van der Waals surface area contributed by atoms with Crippen LogP contribution in [0.1, 0.15) is 43.0 Å². The largest absolute Gasteiger partial charge is 0.350 e. The Morgan fingerprint density at radius 3 is 1.91 bits per heavy atom. The lowest BCUT2D eigenvalue weighted by molar-refractivity contribution is -0.140. The van der Waals surface area contributed by atoms with Gasteiger partial charge in [-0.25, -0.2) is 8.42 Å². The summed E-state index contributed by atoms with van der Waals surface area (Å²) < 4.78 is 30.4. The minimum atomic E-state index is -4.15. The molecule has 45 heavy (non-hydrogen) atoms. The fourth-order valence-corrected chi connectivity index (χ4v) is 6.82. The van der Waals surface area contributed by atoms with Crippen molar-refractivity contribution in [3.63, 3.8) is 0 Å². The molecule has 0 bridgehead atoms. The third kappa shape index (κ3) is 9.28. The Bertz CT molecular complexity index is 1700. The molecule has 0 spiro atoms. The molecule has 0 aromatic heterocycles. The maximum absolute atomic E-state index is 14.6. The molecule has 9 heteroatoms. The molecule has 0 aliphatic heterocycles. The van der Waals surface area contributed by atoms with E-state index < -0.39 is 34.1 Å². The van der Waals surface area contributed by atoms with Crippen molar-refractivity contribution in [1.29, 1.82) is 0 Å². The Kier molecular flexibility index (Phi) is 10.9. The lowest BCUT2D eigenvalue weighted by Gasteiger charge is -2.35. The van der Waals surface area contributed by atoms with E-state index in [2.05, 4.69) is 21.2 Å². The molecule has 0 fully saturated rings. The van der Waals surface area contributed by atoms with Crippen LogP contribution in [0.25, 0.3) is 0 Å². The molecule has 236 valence electrons. The van der Waals surface area contributed by atoms with Crippen LogP contribution in [0.4, 0.5) is 5.69 Å². The van der Waals surface area contributed by atoms with E-state index in [1.165, 1.54) is 17.0 Å². The third-order valence-corrected chi connectivity index (χ3v) is 9.46.